The van der Waals surface area contributed by atoms with Crippen molar-refractivity contribution in [1.82, 2.24) is 20.2 Å². The van der Waals surface area contributed by atoms with Gasteiger partial charge in [0.15, 0.2) is 0 Å². The molecule has 3 atom stereocenters. The van der Waals surface area contributed by atoms with Crippen LogP contribution >= 0.6 is 0 Å². The molecule has 2 fully saturated rings. The molecule has 43 heavy (non-hydrogen) atoms. The zero-order valence-electron chi connectivity index (χ0n) is 24.3. The standard InChI is InChI=1S/C32H35F4N5O2/c1-3-20-18-40(27-10-7-21(33)16-25(27)32(34,35)36)15-12-31(20)19-41(22-11-14-37-17-22)30(42)28-24(31)8-9-26(39-28)23-6-5-13-38-29(23)43-4-2/h5-10,13,16,20,22,37H,3-4,11-12,14-15,17-19H2,1-2H3/t20?,22-,31?/m1/s1. The minimum Gasteiger partial charge on any atom is -0.477 e. The van der Waals surface area contributed by atoms with E-state index < -0.39 is 23.0 Å². The normalized spacial score (nSPS) is 24.0. The number of rotatable bonds is 6. The maximum Gasteiger partial charge on any atom is 0.418 e. The number of pyridine rings is 2. The van der Waals surface area contributed by atoms with E-state index in [1.54, 1.807) is 17.2 Å². The number of aromatic nitrogens is 2. The number of alkyl halides is 3. The lowest BCUT2D eigenvalue weighted by Crippen LogP contribution is -2.61. The van der Waals surface area contributed by atoms with Gasteiger partial charge in [-0.15, -0.1) is 0 Å². The number of amides is 1. The van der Waals surface area contributed by atoms with Crippen LogP contribution in [0.5, 0.6) is 5.88 Å². The van der Waals surface area contributed by atoms with Crippen LogP contribution in [0.1, 0.15) is 54.7 Å². The fourth-order valence-corrected chi connectivity index (χ4v) is 7.19. The Morgan fingerprint density at radius 3 is 2.72 bits per heavy atom. The SMILES string of the molecule is CCOc1ncccc1-c1ccc2c(n1)C(=O)N([C@@H]1CCNC1)CC21CCN(c2ccc(F)cc2C(F)(F)F)CC1CC. The van der Waals surface area contributed by atoms with Crippen LogP contribution in [0.25, 0.3) is 11.3 Å². The number of ether oxygens (including phenoxy) is 1. The first kappa shape index (κ1) is 29.3. The number of piperidine rings is 1. The van der Waals surface area contributed by atoms with Crippen molar-refractivity contribution < 1.29 is 27.1 Å². The molecule has 1 N–H and O–H groups in total. The van der Waals surface area contributed by atoms with Crippen LogP contribution in [0.4, 0.5) is 23.2 Å². The molecule has 1 amide bonds. The van der Waals surface area contributed by atoms with Crippen molar-refractivity contribution in [1.29, 1.82) is 0 Å². The van der Waals surface area contributed by atoms with Gasteiger partial charge in [0, 0.05) is 49.5 Å². The fourth-order valence-electron chi connectivity index (χ4n) is 7.19. The van der Waals surface area contributed by atoms with E-state index in [0.29, 0.717) is 74.5 Å². The van der Waals surface area contributed by atoms with Gasteiger partial charge in [-0.05, 0) is 74.2 Å². The smallest absolute Gasteiger partial charge is 0.418 e. The summed E-state index contributed by atoms with van der Waals surface area (Å²) in [5.41, 5.74) is 1.00. The highest BCUT2D eigenvalue weighted by atomic mass is 19.4. The molecule has 0 saturated carbocycles. The van der Waals surface area contributed by atoms with Crippen LogP contribution < -0.4 is 15.0 Å². The van der Waals surface area contributed by atoms with Crippen molar-refractivity contribution in [3.05, 3.63) is 71.3 Å². The largest absolute Gasteiger partial charge is 0.477 e. The number of carbonyl (C=O) groups is 1. The number of nitrogens with one attached hydrogen (secondary N) is 1. The molecule has 2 saturated heterocycles. The second-order valence-corrected chi connectivity index (χ2v) is 11.6. The molecule has 0 bridgehead atoms. The van der Waals surface area contributed by atoms with E-state index in [4.69, 9.17) is 9.72 Å². The van der Waals surface area contributed by atoms with Gasteiger partial charge in [-0.25, -0.2) is 14.4 Å². The van der Waals surface area contributed by atoms with Crippen molar-refractivity contribution in [3.63, 3.8) is 0 Å². The third kappa shape index (κ3) is 5.21. The molecule has 6 rings (SSSR count). The van der Waals surface area contributed by atoms with Gasteiger partial charge in [0.25, 0.3) is 5.91 Å². The van der Waals surface area contributed by atoms with Gasteiger partial charge >= 0.3 is 6.18 Å². The number of hydrogen-bond acceptors (Lipinski definition) is 6. The average molecular weight is 598 g/mol. The summed E-state index contributed by atoms with van der Waals surface area (Å²) in [6.07, 6.45) is -1.01. The monoisotopic (exact) mass is 597 g/mol. The molecule has 2 unspecified atom stereocenters. The van der Waals surface area contributed by atoms with Crippen LogP contribution in [0.2, 0.25) is 0 Å². The van der Waals surface area contributed by atoms with E-state index >= 15 is 0 Å². The maximum absolute atomic E-state index is 14.1. The number of hydrogen-bond donors (Lipinski definition) is 1. The summed E-state index contributed by atoms with van der Waals surface area (Å²) in [5.74, 6) is -0.693. The van der Waals surface area contributed by atoms with Gasteiger partial charge in [0.2, 0.25) is 5.88 Å². The molecular formula is C32H35F4N5O2. The van der Waals surface area contributed by atoms with Gasteiger partial charge in [-0.3, -0.25) is 4.79 Å². The minimum absolute atomic E-state index is 0.00447. The molecule has 11 heteroatoms. The molecule has 5 heterocycles. The van der Waals surface area contributed by atoms with E-state index in [-0.39, 0.29) is 23.6 Å². The molecule has 3 aromatic rings. The van der Waals surface area contributed by atoms with Crippen molar-refractivity contribution in [2.45, 2.75) is 50.7 Å². The first-order chi connectivity index (χ1) is 20.7. The van der Waals surface area contributed by atoms with E-state index in [0.717, 1.165) is 24.6 Å². The molecule has 7 nitrogen and oxygen atoms in total. The lowest BCUT2D eigenvalue weighted by molar-refractivity contribution is -0.137. The van der Waals surface area contributed by atoms with Gasteiger partial charge < -0.3 is 19.9 Å². The van der Waals surface area contributed by atoms with Gasteiger partial charge in [0.1, 0.15) is 11.5 Å². The Hall–Kier alpha value is -3.73. The lowest BCUT2D eigenvalue weighted by Gasteiger charge is -2.54. The second-order valence-electron chi connectivity index (χ2n) is 11.6. The van der Waals surface area contributed by atoms with E-state index in [1.165, 1.54) is 6.07 Å². The third-order valence-electron chi connectivity index (χ3n) is 9.30. The molecule has 3 aliphatic heterocycles. The topological polar surface area (TPSA) is 70.6 Å². The van der Waals surface area contributed by atoms with Crippen LogP contribution in [-0.4, -0.2) is 66.1 Å². The van der Waals surface area contributed by atoms with Crippen molar-refractivity contribution in [2.75, 3.05) is 44.2 Å². The number of fused-ring (bicyclic) bond motifs is 2. The fraction of sp³-hybridized carbons (Fsp3) is 0.469. The number of benzene rings is 1. The van der Waals surface area contributed by atoms with Crippen LogP contribution in [-0.2, 0) is 11.6 Å². The van der Waals surface area contributed by atoms with Gasteiger partial charge in [-0.1, -0.05) is 19.4 Å². The zero-order valence-corrected chi connectivity index (χ0v) is 24.3. The Balaban J connectivity index is 1.43. The quantitative estimate of drug-likeness (QED) is 0.368. The van der Waals surface area contributed by atoms with E-state index in [9.17, 15) is 22.4 Å². The Morgan fingerprint density at radius 2 is 2.00 bits per heavy atom. The minimum atomic E-state index is -4.68. The Kier molecular flexibility index (Phi) is 7.78. The summed E-state index contributed by atoms with van der Waals surface area (Å²) in [6.45, 7) is 6.98. The molecule has 0 radical (unpaired) electrons. The molecule has 1 spiro atoms. The van der Waals surface area contributed by atoms with Crippen molar-refractivity contribution in [3.8, 4) is 17.1 Å². The summed E-state index contributed by atoms with van der Waals surface area (Å²) >= 11 is 0. The highest BCUT2D eigenvalue weighted by Crippen LogP contribution is 2.49. The first-order valence-electron chi connectivity index (χ1n) is 14.9. The van der Waals surface area contributed by atoms with Crippen LogP contribution in [0.15, 0.2) is 48.7 Å². The summed E-state index contributed by atoms with van der Waals surface area (Å²) in [4.78, 5) is 27.1. The van der Waals surface area contributed by atoms with Crippen LogP contribution in [0, 0.1) is 11.7 Å². The predicted octanol–water partition coefficient (Wildman–Crippen LogP) is 5.69. The Labute approximate surface area is 248 Å². The van der Waals surface area contributed by atoms with E-state index in [2.05, 4.69) is 10.3 Å². The highest BCUT2D eigenvalue weighted by Gasteiger charge is 2.52. The lowest BCUT2D eigenvalue weighted by atomic mass is 9.62. The van der Waals surface area contributed by atoms with Gasteiger partial charge in [-0.2, -0.15) is 13.2 Å². The maximum atomic E-state index is 14.1. The summed E-state index contributed by atoms with van der Waals surface area (Å²) in [7, 11) is 0. The van der Waals surface area contributed by atoms with Crippen molar-refractivity contribution in [2.24, 2.45) is 5.92 Å². The molecule has 1 aromatic carbocycles. The summed E-state index contributed by atoms with van der Waals surface area (Å²) < 4.78 is 61.5. The average Bonchev–Trinajstić information content (AvgIpc) is 3.54. The van der Waals surface area contributed by atoms with E-state index in [1.807, 2.05) is 36.9 Å². The Bertz CT molecular complexity index is 1510. The number of anilines is 1. The molecule has 3 aliphatic rings. The number of halogens is 4. The first-order valence-corrected chi connectivity index (χ1v) is 14.9. The van der Waals surface area contributed by atoms with Crippen molar-refractivity contribution >= 4 is 11.6 Å². The summed E-state index contributed by atoms with van der Waals surface area (Å²) in [6, 6.07) is 10.4. The van der Waals surface area contributed by atoms with Crippen LogP contribution in [0.3, 0.4) is 0 Å². The highest BCUT2D eigenvalue weighted by molar-refractivity contribution is 5.96. The molecular weight excluding hydrogens is 562 g/mol. The van der Waals surface area contributed by atoms with Gasteiger partial charge in [0.05, 0.1) is 23.4 Å². The number of nitrogens with zero attached hydrogens (tertiary/aromatic N) is 4. The third-order valence-corrected chi connectivity index (χ3v) is 9.30. The second kappa shape index (κ2) is 11.4. The number of carbonyl (C=O) groups excluding carboxylic acids is 1. The zero-order chi connectivity index (χ0) is 30.4. The Morgan fingerprint density at radius 1 is 1.16 bits per heavy atom. The predicted molar refractivity (Wildman–Crippen MR) is 155 cm³/mol. The molecule has 2 aromatic heterocycles. The molecule has 228 valence electrons. The summed E-state index contributed by atoms with van der Waals surface area (Å²) in [5, 5.41) is 3.36. The molecule has 0 aliphatic carbocycles.